The molecule has 0 radical (unpaired) electrons. The number of aromatic nitrogens is 2. The monoisotopic (exact) mass is 238 g/mol. The molecule has 1 saturated carbocycles. The average molecular weight is 238 g/mol. The summed E-state index contributed by atoms with van der Waals surface area (Å²) < 4.78 is 13.5. The molecule has 5 heteroatoms. The second-order valence-corrected chi connectivity index (χ2v) is 4.93. The smallest absolute Gasteiger partial charge is 0.187 e. The van der Waals surface area contributed by atoms with Crippen molar-refractivity contribution in [3.05, 3.63) is 17.3 Å². The maximum atomic E-state index is 13.5. The molecule has 1 aliphatic rings. The standard InChI is InChI=1S/C12H19FN4/c1-7-3-5-9(6-4-7)11-15-8(2)10(13)12(16-11)17-14/h7,9H,3-6,14H2,1-2H3,(H,15,16,17). The van der Waals surface area contributed by atoms with Crippen LogP contribution in [0.3, 0.4) is 0 Å². The Labute approximate surface area is 101 Å². The number of anilines is 1. The highest BCUT2D eigenvalue weighted by atomic mass is 19.1. The van der Waals surface area contributed by atoms with Crippen molar-refractivity contribution in [2.75, 3.05) is 5.43 Å². The van der Waals surface area contributed by atoms with Gasteiger partial charge in [0, 0.05) is 5.92 Å². The lowest BCUT2D eigenvalue weighted by molar-refractivity contribution is 0.339. The summed E-state index contributed by atoms with van der Waals surface area (Å²) in [6.07, 6.45) is 4.54. The Morgan fingerprint density at radius 3 is 2.47 bits per heavy atom. The zero-order valence-electron chi connectivity index (χ0n) is 10.3. The Balaban J connectivity index is 2.24. The summed E-state index contributed by atoms with van der Waals surface area (Å²) in [5, 5.41) is 0. The average Bonchev–Trinajstić information content (AvgIpc) is 2.33. The van der Waals surface area contributed by atoms with Gasteiger partial charge in [0.2, 0.25) is 0 Å². The molecule has 1 heterocycles. The van der Waals surface area contributed by atoms with Crippen molar-refractivity contribution in [2.45, 2.75) is 45.4 Å². The fourth-order valence-corrected chi connectivity index (χ4v) is 2.38. The van der Waals surface area contributed by atoms with Crippen LogP contribution in [0.5, 0.6) is 0 Å². The van der Waals surface area contributed by atoms with Crippen LogP contribution in [0.4, 0.5) is 10.2 Å². The normalized spacial score (nSPS) is 24.7. The van der Waals surface area contributed by atoms with Gasteiger partial charge in [-0.25, -0.2) is 20.2 Å². The number of hydrazine groups is 1. The van der Waals surface area contributed by atoms with E-state index in [1.807, 2.05) is 0 Å². The molecule has 0 amide bonds. The molecule has 1 aromatic heterocycles. The molecule has 17 heavy (non-hydrogen) atoms. The Morgan fingerprint density at radius 1 is 1.24 bits per heavy atom. The topological polar surface area (TPSA) is 63.8 Å². The Kier molecular flexibility index (Phi) is 3.57. The Hall–Kier alpha value is -1.23. The largest absolute Gasteiger partial charge is 0.306 e. The van der Waals surface area contributed by atoms with E-state index >= 15 is 0 Å². The summed E-state index contributed by atoms with van der Waals surface area (Å²) in [6.45, 7) is 3.91. The predicted molar refractivity (Wildman–Crippen MR) is 64.9 cm³/mol. The van der Waals surface area contributed by atoms with Crippen molar-refractivity contribution in [1.82, 2.24) is 9.97 Å². The third-order valence-electron chi connectivity index (χ3n) is 3.55. The van der Waals surface area contributed by atoms with Gasteiger partial charge < -0.3 is 5.43 Å². The summed E-state index contributed by atoms with van der Waals surface area (Å²) >= 11 is 0. The Morgan fingerprint density at radius 2 is 1.88 bits per heavy atom. The van der Waals surface area contributed by atoms with Crippen LogP contribution in [0, 0.1) is 18.7 Å². The van der Waals surface area contributed by atoms with E-state index in [-0.39, 0.29) is 5.82 Å². The first-order chi connectivity index (χ1) is 8.11. The molecule has 3 N–H and O–H groups in total. The van der Waals surface area contributed by atoms with Crippen molar-refractivity contribution >= 4 is 5.82 Å². The van der Waals surface area contributed by atoms with E-state index in [4.69, 9.17) is 5.84 Å². The summed E-state index contributed by atoms with van der Waals surface area (Å²) in [5.74, 6) is 6.75. The van der Waals surface area contributed by atoms with Crippen LogP contribution in [0.1, 0.15) is 50.0 Å². The van der Waals surface area contributed by atoms with Crippen LogP contribution < -0.4 is 11.3 Å². The number of nitrogens with one attached hydrogen (secondary N) is 1. The first-order valence-corrected chi connectivity index (χ1v) is 6.12. The summed E-state index contributed by atoms with van der Waals surface area (Å²) in [4.78, 5) is 8.43. The van der Waals surface area contributed by atoms with Crippen molar-refractivity contribution in [2.24, 2.45) is 11.8 Å². The molecule has 0 bridgehead atoms. The molecule has 1 fully saturated rings. The molecule has 0 aliphatic heterocycles. The van der Waals surface area contributed by atoms with Gasteiger partial charge in [0.15, 0.2) is 11.6 Å². The minimum absolute atomic E-state index is 0.103. The summed E-state index contributed by atoms with van der Waals surface area (Å²) in [5.41, 5.74) is 2.66. The fraction of sp³-hybridized carbons (Fsp3) is 0.667. The van der Waals surface area contributed by atoms with Crippen LogP contribution in [0.25, 0.3) is 0 Å². The van der Waals surface area contributed by atoms with Gasteiger partial charge in [0.25, 0.3) is 0 Å². The van der Waals surface area contributed by atoms with Gasteiger partial charge in [-0.3, -0.25) is 0 Å². The molecular formula is C12H19FN4. The third kappa shape index (κ3) is 2.54. The predicted octanol–water partition coefficient (Wildman–Crippen LogP) is 2.50. The first-order valence-electron chi connectivity index (χ1n) is 6.12. The maximum absolute atomic E-state index is 13.5. The van der Waals surface area contributed by atoms with E-state index in [2.05, 4.69) is 22.3 Å². The zero-order chi connectivity index (χ0) is 12.4. The molecule has 0 spiro atoms. The van der Waals surface area contributed by atoms with Crippen LogP contribution in [-0.2, 0) is 0 Å². The molecule has 94 valence electrons. The quantitative estimate of drug-likeness (QED) is 0.614. The zero-order valence-corrected chi connectivity index (χ0v) is 10.3. The lowest BCUT2D eigenvalue weighted by Gasteiger charge is -2.25. The van der Waals surface area contributed by atoms with Crippen molar-refractivity contribution in [3.63, 3.8) is 0 Å². The number of rotatable bonds is 2. The van der Waals surface area contributed by atoms with E-state index in [1.54, 1.807) is 6.92 Å². The second-order valence-electron chi connectivity index (χ2n) is 4.93. The van der Waals surface area contributed by atoms with Crippen LogP contribution in [0.2, 0.25) is 0 Å². The lowest BCUT2D eigenvalue weighted by atomic mass is 9.82. The summed E-state index contributed by atoms with van der Waals surface area (Å²) in [7, 11) is 0. The highest BCUT2D eigenvalue weighted by Gasteiger charge is 2.23. The van der Waals surface area contributed by atoms with Crippen molar-refractivity contribution in [3.8, 4) is 0 Å². The van der Waals surface area contributed by atoms with Gasteiger partial charge in [-0.05, 0) is 25.7 Å². The number of aryl methyl sites for hydroxylation is 1. The minimum Gasteiger partial charge on any atom is -0.306 e. The SMILES string of the molecule is Cc1nc(C2CCC(C)CC2)nc(NN)c1F. The third-order valence-corrected chi connectivity index (χ3v) is 3.55. The molecule has 0 atom stereocenters. The van der Waals surface area contributed by atoms with Gasteiger partial charge >= 0.3 is 0 Å². The van der Waals surface area contributed by atoms with Crippen LogP contribution in [-0.4, -0.2) is 9.97 Å². The van der Waals surface area contributed by atoms with Gasteiger partial charge in [-0.15, -0.1) is 0 Å². The molecule has 0 aromatic carbocycles. The van der Waals surface area contributed by atoms with E-state index in [0.717, 1.165) is 24.6 Å². The van der Waals surface area contributed by atoms with Gasteiger partial charge in [-0.2, -0.15) is 0 Å². The minimum atomic E-state index is -0.458. The van der Waals surface area contributed by atoms with Crippen LogP contribution >= 0.6 is 0 Å². The lowest BCUT2D eigenvalue weighted by Crippen LogP contribution is -2.18. The first kappa shape index (κ1) is 12.2. The van der Waals surface area contributed by atoms with Crippen molar-refractivity contribution in [1.29, 1.82) is 0 Å². The van der Waals surface area contributed by atoms with Gasteiger partial charge in [0.05, 0.1) is 5.69 Å². The molecule has 1 aliphatic carbocycles. The van der Waals surface area contributed by atoms with E-state index in [1.165, 1.54) is 12.8 Å². The number of nitrogens with two attached hydrogens (primary N) is 1. The van der Waals surface area contributed by atoms with E-state index < -0.39 is 5.82 Å². The number of nitrogens with zero attached hydrogens (tertiary/aromatic N) is 2. The molecule has 0 saturated heterocycles. The second kappa shape index (κ2) is 4.96. The summed E-state index contributed by atoms with van der Waals surface area (Å²) in [6, 6.07) is 0. The number of halogens is 1. The fourth-order valence-electron chi connectivity index (χ4n) is 2.38. The highest BCUT2D eigenvalue weighted by molar-refractivity contribution is 5.37. The Bertz CT molecular complexity index is 400. The van der Waals surface area contributed by atoms with Gasteiger partial charge in [0.1, 0.15) is 5.82 Å². The number of nitrogen functional groups attached to an aromatic ring is 1. The molecule has 1 aromatic rings. The van der Waals surface area contributed by atoms with E-state index in [9.17, 15) is 4.39 Å². The molecule has 2 rings (SSSR count). The molecule has 4 nitrogen and oxygen atoms in total. The van der Waals surface area contributed by atoms with Crippen molar-refractivity contribution < 1.29 is 4.39 Å². The number of hydrogen-bond acceptors (Lipinski definition) is 4. The van der Waals surface area contributed by atoms with Crippen LogP contribution in [0.15, 0.2) is 0 Å². The maximum Gasteiger partial charge on any atom is 0.187 e. The van der Waals surface area contributed by atoms with Gasteiger partial charge in [-0.1, -0.05) is 19.8 Å². The molecular weight excluding hydrogens is 219 g/mol. The number of hydrogen-bond donors (Lipinski definition) is 2. The van der Waals surface area contributed by atoms with E-state index in [0.29, 0.717) is 11.6 Å². The molecule has 0 unspecified atom stereocenters. The highest BCUT2D eigenvalue weighted by Crippen LogP contribution is 2.34.